The smallest absolute Gasteiger partial charge is 0.326 e. The third-order valence-corrected chi connectivity index (χ3v) is 4.36. The fraction of sp³-hybridized carbons (Fsp3) is 0.545. The van der Waals surface area contributed by atoms with E-state index in [0.29, 0.717) is 0 Å². The first-order valence-electron chi connectivity index (χ1n) is 6.03. The minimum Gasteiger partial charge on any atom is -0.480 e. The molecule has 1 atom stereocenters. The quantitative estimate of drug-likeness (QED) is 0.651. The predicted molar refractivity (Wildman–Crippen MR) is 78.0 cm³/mol. The minimum absolute atomic E-state index is 0.179. The highest BCUT2D eigenvalue weighted by Crippen LogP contribution is 2.10. The molecule has 1 aromatic rings. The first-order valence-corrected chi connectivity index (χ1v) is 8.91. The molecule has 0 saturated carbocycles. The molecule has 0 saturated heterocycles. The van der Waals surface area contributed by atoms with Crippen LogP contribution in [0.2, 0.25) is 0 Å². The van der Waals surface area contributed by atoms with Crippen molar-refractivity contribution in [3.63, 3.8) is 0 Å². The number of hydrogen-bond acceptors (Lipinski definition) is 6. The molecule has 0 fully saturated rings. The van der Waals surface area contributed by atoms with Gasteiger partial charge < -0.3 is 15.7 Å². The van der Waals surface area contributed by atoms with Crippen molar-refractivity contribution in [2.24, 2.45) is 0 Å². The Balaban J connectivity index is 2.47. The predicted octanol–water partition coefficient (Wildman–Crippen LogP) is 0.139. The molecular formula is C11H17N3O5S2. The minimum atomic E-state index is -3.28. The molecule has 2 amide bonds. The summed E-state index contributed by atoms with van der Waals surface area (Å²) in [5, 5.41) is 14.6. The number of carbonyl (C=O) groups excluding carboxylic acids is 1. The Morgan fingerprint density at radius 2 is 2.14 bits per heavy atom. The van der Waals surface area contributed by atoms with Crippen LogP contribution in [-0.4, -0.2) is 48.6 Å². The van der Waals surface area contributed by atoms with E-state index in [1.165, 1.54) is 11.3 Å². The fourth-order valence-electron chi connectivity index (χ4n) is 1.45. The number of urea groups is 1. The molecule has 21 heavy (non-hydrogen) atoms. The van der Waals surface area contributed by atoms with Crippen LogP contribution in [0.5, 0.6) is 0 Å². The van der Waals surface area contributed by atoms with Gasteiger partial charge in [-0.05, 0) is 13.3 Å². The van der Waals surface area contributed by atoms with Gasteiger partial charge in [-0.25, -0.2) is 23.0 Å². The molecule has 1 aromatic heterocycles. The molecule has 0 aliphatic carbocycles. The standard InChI is InChI=1S/C11H17N3O5S2/c1-7-12-5-8(20-7)6-13-11(17)14-9(10(15)16)3-4-21(2,18)19/h5,9H,3-4,6H2,1-2H3,(H,15,16)(H2,13,14,17). The van der Waals surface area contributed by atoms with Crippen LogP contribution in [0.4, 0.5) is 4.79 Å². The van der Waals surface area contributed by atoms with Crippen LogP contribution in [-0.2, 0) is 21.2 Å². The van der Waals surface area contributed by atoms with E-state index in [9.17, 15) is 18.0 Å². The van der Waals surface area contributed by atoms with Gasteiger partial charge in [0.15, 0.2) is 0 Å². The van der Waals surface area contributed by atoms with Crippen LogP contribution in [0.3, 0.4) is 0 Å². The largest absolute Gasteiger partial charge is 0.480 e. The molecule has 0 aromatic carbocycles. The molecule has 1 unspecified atom stereocenters. The lowest BCUT2D eigenvalue weighted by molar-refractivity contribution is -0.139. The van der Waals surface area contributed by atoms with Gasteiger partial charge in [-0.3, -0.25) is 0 Å². The topological polar surface area (TPSA) is 125 Å². The molecule has 3 N–H and O–H groups in total. The van der Waals surface area contributed by atoms with Gasteiger partial charge in [0.25, 0.3) is 0 Å². The van der Waals surface area contributed by atoms with Crippen molar-refractivity contribution in [3.8, 4) is 0 Å². The Bertz CT molecular complexity index is 611. The van der Waals surface area contributed by atoms with Crippen LogP contribution < -0.4 is 10.6 Å². The number of amides is 2. The second-order valence-electron chi connectivity index (χ2n) is 4.48. The SMILES string of the molecule is Cc1ncc(CNC(=O)NC(CCS(C)(=O)=O)C(=O)O)s1. The van der Waals surface area contributed by atoms with Crippen LogP contribution in [0.15, 0.2) is 6.20 Å². The van der Waals surface area contributed by atoms with Crippen molar-refractivity contribution in [2.75, 3.05) is 12.0 Å². The van der Waals surface area contributed by atoms with E-state index in [4.69, 9.17) is 5.11 Å². The van der Waals surface area contributed by atoms with Crippen molar-refractivity contribution in [2.45, 2.75) is 25.9 Å². The van der Waals surface area contributed by atoms with Gasteiger partial charge in [-0.1, -0.05) is 0 Å². The summed E-state index contributed by atoms with van der Waals surface area (Å²) in [6, 6.07) is -1.91. The molecule has 0 spiro atoms. The number of rotatable bonds is 7. The van der Waals surface area contributed by atoms with E-state index in [-0.39, 0.29) is 18.7 Å². The van der Waals surface area contributed by atoms with Crippen molar-refractivity contribution >= 4 is 33.2 Å². The number of sulfone groups is 1. The Morgan fingerprint density at radius 3 is 2.62 bits per heavy atom. The summed E-state index contributed by atoms with van der Waals surface area (Å²) in [7, 11) is -3.28. The first-order chi connectivity index (χ1) is 9.67. The number of carbonyl (C=O) groups is 2. The highest BCUT2D eigenvalue weighted by molar-refractivity contribution is 7.90. The highest BCUT2D eigenvalue weighted by atomic mass is 32.2. The maximum atomic E-state index is 11.6. The van der Waals surface area contributed by atoms with E-state index in [2.05, 4.69) is 15.6 Å². The second kappa shape index (κ2) is 7.36. The van der Waals surface area contributed by atoms with E-state index in [1.807, 2.05) is 6.92 Å². The van der Waals surface area contributed by atoms with Crippen LogP contribution in [0.25, 0.3) is 0 Å². The Kier molecular flexibility index (Phi) is 6.09. The molecule has 118 valence electrons. The first kappa shape index (κ1) is 17.4. The average Bonchev–Trinajstić information content (AvgIpc) is 2.76. The molecule has 1 rings (SSSR count). The lowest BCUT2D eigenvalue weighted by atomic mass is 10.2. The van der Waals surface area contributed by atoms with Crippen molar-refractivity contribution in [3.05, 3.63) is 16.1 Å². The summed E-state index contributed by atoms with van der Waals surface area (Å²) < 4.78 is 22.1. The van der Waals surface area contributed by atoms with E-state index in [1.54, 1.807) is 6.20 Å². The van der Waals surface area contributed by atoms with Crippen molar-refractivity contribution in [1.82, 2.24) is 15.6 Å². The van der Waals surface area contributed by atoms with Gasteiger partial charge in [0.1, 0.15) is 15.9 Å². The van der Waals surface area contributed by atoms with Crippen molar-refractivity contribution in [1.29, 1.82) is 0 Å². The number of aromatic nitrogens is 1. The summed E-state index contributed by atoms with van der Waals surface area (Å²) in [5.41, 5.74) is 0. The van der Waals surface area contributed by atoms with Crippen LogP contribution in [0, 0.1) is 6.92 Å². The van der Waals surface area contributed by atoms with Gasteiger partial charge in [0.05, 0.1) is 17.3 Å². The molecule has 0 aliphatic rings. The van der Waals surface area contributed by atoms with Crippen LogP contribution >= 0.6 is 11.3 Å². The zero-order chi connectivity index (χ0) is 16.0. The molecule has 0 bridgehead atoms. The maximum absolute atomic E-state index is 11.6. The summed E-state index contributed by atoms with van der Waals surface area (Å²) in [4.78, 5) is 27.5. The lowest BCUT2D eigenvalue weighted by Crippen LogP contribution is -2.46. The average molecular weight is 335 g/mol. The molecule has 0 aliphatic heterocycles. The summed E-state index contributed by atoms with van der Waals surface area (Å²) >= 11 is 1.42. The molecule has 1 heterocycles. The number of nitrogens with one attached hydrogen (secondary N) is 2. The Labute approximate surface area is 126 Å². The zero-order valence-electron chi connectivity index (χ0n) is 11.6. The number of aryl methyl sites for hydroxylation is 1. The van der Waals surface area contributed by atoms with Gasteiger partial charge in [-0.15, -0.1) is 11.3 Å². The van der Waals surface area contributed by atoms with Gasteiger partial charge in [-0.2, -0.15) is 0 Å². The Morgan fingerprint density at radius 1 is 1.48 bits per heavy atom. The van der Waals surface area contributed by atoms with E-state index in [0.717, 1.165) is 16.1 Å². The molecule has 0 radical (unpaired) electrons. The van der Waals surface area contributed by atoms with E-state index < -0.39 is 27.9 Å². The monoisotopic (exact) mass is 335 g/mol. The molecule has 10 heteroatoms. The number of hydrogen-bond donors (Lipinski definition) is 3. The van der Waals surface area contributed by atoms with Crippen molar-refractivity contribution < 1.29 is 23.1 Å². The van der Waals surface area contributed by atoms with Gasteiger partial charge >= 0.3 is 12.0 Å². The maximum Gasteiger partial charge on any atom is 0.326 e. The lowest BCUT2D eigenvalue weighted by Gasteiger charge is -2.14. The third kappa shape index (κ3) is 7.04. The summed E-state index contributed by atoms with van der Waals surface area (Å²) in [6.07, 6.45) is 2.46. The zero-order valence-corrected chi connectivity index (χ0v) is 13.3. The second-order valence-corrected chi connectivity index (χ2v) is 8.06. The third-order valence-electron chi connectivity index (χ3n) is 2.47. The number of nitrogens with zero attached hydrogens (tertiary/aromatic N) is 1. The number of carboxylic acids is 1. The number of aliphatic carboxylic acids is 1. The van der Waals surface area contributed by atoms with E-state index >= 15 is 0 Å². The fourth-order valence-corrected chi connectivity index (χ4v) is 2.85. The molecule has 8 nitrogen and oxygen atoms in total. The number of thiazole rings is 1. The summed E-state index contributed by atoms with van der Waals surface area (Å²) in [5.74, 6) is -1.58. The van der Waals surface area contributed by atoms with Crippen LogP contribution in [0.1, 0.15) is 16.3 Å². The summed E-state index contributed by atoms with van der Waals surface area (Å²) in [6.45, 7) is 2.07. The van der Waals surface area contributed by atoms with Gasteiger partial charge in [0, 0.05) is 17.3 Å². The number of carboxylic acid groups (broad SMARTS) is 1. The highest BCUT2D eigenvalue weighted by Gasteiger charge is 2.21. The Hall–Kier alpha value is -1.68. The normalized spacial score (nSPS) is 12.7. The molecular weight excluding hydrogens is 318 g/mol. The van der Waals surface area contributed by atoms with Gasteiger partial charge in [0.2, 0.25) is 0 Å².